The van der Waals surface area contributed by atoms with E-state index in [-0.39, 0.29) is 0 Å². The largest absolute Gasteiger partial charge is 0.387 e. The first-order valence-corrected chi connectivity index (χ1v) is 2.21. The van der Waals surface area contributed by atoms with Gasteiger partial charge in [-0.1, -0.05) is 18.5 Å². The quantitative estimate of drug-likeness (QED) is 0.402. The third-order valence-corrected chi connectivity index (χ3v) is 0.870. The summed E-state index contributed by atoms with van der Waals surface area (Å²) in [6.45, 7) is 4.28. The summed E-state index contributed by atoms with van der Waals surface area (Å²) in [7, 11) is 0. The fourth-order valence-electron chi connectivity index (χ4n) is 0.335. The zero-order valence-electron chi connectivity index (χ0n) is 4.10. The number of nitrogens with zero attached hydrogens (tertiary/aromatic N) is 1. The molecular formula is C5H8N+. The molecule has 0 aromatic rings. The summed E-state index contributed by atoms with van der Waals surface area (Å²) in [4.78, 5) is 0. The van der Waals surface area contributed by atoms with Gasteiger partial charge in [-0.05, 0) is 0 Å². The van der Waals surface area contributed by atoms with Gasteiger partial charge in [0.1, 0.15) is 0 Å². The minimum absolute atomic E-state index is 0.657. The molecule has 6 heavy (non-hydrogen) atoms. The third kappa shape index (κ3) is 0.498. The Bertz CT molecular complexity index is 116. The van der Waals surface area contributed by atoms with Crippen molar-refractivity contribution in [1.29, 1.82) is 0 Å². The predicted octanol–water partition coefficient (Wildman–Crippen LogP) is 0.235. The summed E-state index contributed by atoms with van der Waals surface area (Å²) >= 11 is 0. The molecule has 32 valence electrons. The predicted molar refractivity (Wildman–Crippen MR) is 28.0 cm³/mol. The van der Waals surface area contributed by atoms with Crippen molar-refractivity contribution < 1.29 is 0 Å². The molecule has 0 spiro atoms. The Kier molecular flexibility index (Phi) is 0.578. The molecule has 0 aromatic carbocycles. The van der Waals surface area contributed by atoms with Crippen LogP contribution in [0.4, 0.5) is 0 Å². The molecular weight excluding hydrogens is 74.1 g/mol. The molecule has 1 rings (SSSR count). The van der Waals surface area contributed by atoms with E-state index < -0.39 is 0 Å². The highest BCUT2D eigenvalue weighted by molar-refractivity contribution is 6.40. The van der Waals surface area contributed by atoms with Crippen molar-refractivity contribution in [3.05, 3.63) is 0 Å². The van der Waals surface area contributed by atoms with E-state index >= 15 is 0 Å². The fourth-order valence-corrected chi connectivity index (χ4v) is 0.335. The Labute approximate surface area is 37.4 Å². The molecule has 1 nitrogen and oxygen atoms in total. The van der Waals surface area contributed by atoms with Crippen LogP contribution in [-0.2, 0) is 0 Å². The van der Waals surface area contributed by atoms with Crippen molar-refractivity contribution in [2.75, 3.05) is 0 Å². The summed E-state index contributed by atoms with van der Waals surface area (Å²) < 4.78 is 3.89. The van der Waals surface area contributed by atoms with Crippen LogP contribution in [0.5, 0.6) is 0 Å². The molecule has 1 aliphatic rings. The van der Waals surface area contributed by atoms with Crippen molar-refractivity contribution in [2.45, 2.75) is 13.8 Å². The standard InChI is InChI=1S/C5H8N/c1-4(2)5-3-6-5/h3-4H,1-2H3/q+1. The topological polar surface area (TPSA) is 14.1 Å². The van der Waals surface area contributed by atoms with Crippen molar-refractivity contribution in [3.63, 3.8) is 0 Å². The average Bonchev–Trinajstić information content (AvgIpc) is 2.06. The highest BCUT2D eigenvalue weighted by Gasteiger charge is 2.25. The Morgan fingerprint density at radius 1 is 1.67 bits per heavy atom. The lowest BCUT2D eigenvalue weighted by Gasteiger charge is -1.75. The van der Waals surface area contributed by atoms with Gasteiger partial charge < -0.3 is 0 Å². The normalized spacial score (nSPS) is 15.5. The smallest absolute Gasteiger partial charge is 0.0807 e. The minimum Gasteiger partial charge on any atom is -0.0807 e. The first kappa shape index (κ1) is 3.63. The van der Waals surface area contributed by atoms with Gasteiger partial charge in [0, 0.05) is 0 Å². The zero-order valence-corrected chi connectivity index (χ0v) is 4.10. The lowest BCUT2D eigenvalue weighted by molar-refractivity contribution is 0.905. The summed E-state index contributed by atoms with van der Waals surface area (Å²) in [6, 6.07) is 0. The average molecular weight is 82.1 g/mol. The van der Waals surface area contributed by atoms with Crippen LogP contribution in [0.25, 0.3) is 0 Å². The van der Waals surface area contributed by atoms with Gasteiger partial charge in [0.15, 0.2) is 0 Å². The van der Waals surface area contributed by atoms with E-state index in [1.165, 1.54) is 5.71 Å². The van der Waals surface area contributed by atoms with E-state index in [1.807, 2.05) is 6.21 Å². The van der Waals surface area contributed by atoms with Gasteiger partial charge in [-0.3, -0.25) is 0 Å². The van der Waals surface area contributed by atoms with E-state index in [4.69, 9.17) is 0 Å². The van der Waals surface area contributed by atoms with Crippen LogP contribution in [0, 0.1) is 5.92 Å². The molecule has 0 unspecified atom stereocenters. The van der Waals surface area contributed by atoms with Crippen molar-refractivity contribution >= 4 is 11.9 Å². The molecule has 1 aliphatic heterocycles. The van der Waals surface area contributed by atoms with Crippen LogP contribution in [0.1, 0.15) is 13.8 Å². The molecule has 0 atom stereocenters. The zero-order chi connectivity index (χ0) is 4.57. The molecule has 1 heteroatoms. The van der Waals surface area contributed by atoms with E-state index in [1.54, 1.807) is 0 Å². The molecule has 0 aliphatic carbocycles. The van der Waals surface area contributed by atoms with E-state index in [9.17, 15) is 0 Å². The van der Waals surface area contributed by atoms with Crippen LogP contribution in [0.2, 0.25) is 0 Å². The van der Waals surface area contributed by atoms with Crippen molar-refractivity contribution in [1.82, 2.24) is 4.67 Å². The fraction of sp³-hybridized carbons (Fsp3) is 0.600. The second-order valence-corrected chi connectivity index (χ2v) is 1.84. The van der Waals surface area contributed by atoms with Gasteiger partial charge in [0.05, 0.1) is 5.92 Å². The molecule has 0 saturated heterocycles. The first-order valence-electron chi connectivity index (χ1n) is 2.21. The number of hydrogen-bond donors (Lipinski definition) is 0. The molecule has 0 aromatic heterocycles. The molecule has 0 amide bonds. The van der Waals surface area contributed by atoms with Crippen LogP contribution in [0.3, 0.4) is 0 Å². The second kappa shape index (κ2) is 0.954. The molecule has 0 saturated carbocycles. The Balaban J connectivity index is 2.35. The highest BCUT2D eigenvalue weighted by atomic mass is 14.7. The minimum atomic E-state index is 0.657. The Hall–Kier alpha value is -0.550. The molecule has 0 bridgehead atoms. The maximum Gasteiger partial charge on any atom is 0.387 e. The van der Waals surface area contributed by atoms with E-state index in [0.717, 1.165) is 0 Å². The van der Waals surface area contributed by atoms with Crippen LogP contribution in [0.15, 0.2) is 0 Å². The van der Waals surface area contributed by atoms with Crippen LogP contribution in [-0.4, -0.2) is 11.9 Å². The van der Waals surface area contributed by atoms with Gasteiger partial charge in [-0.15, -0.1) is 0 Å². The highest BCUT2D eigenvalue weighted by Crippen LogP contribution is 1.92. The summed E-state index contributed by atoms with van der Waals surface area (Å²) in [6.07, 6.45) is 1.91. The summed E-state index contributed by atoms with van der Waals surface area (Å²) in [5, 5.41) is 0. The number of hydrogen-bond acceptors (Lipinski definition) is 0. The van der Waals surface area contributed by atoms with Crippen molar-refractivity contribution in [2.24, 2.45) is 5.92 Å². The van der Waals surface area contributed by atoms with E-state index in [2.05, 4.69) is 18.5 Å². The van der Waals surface area contributed by atoms with Gasteiger partial charge >= 0.3 is 11.9 Å². The maximum absolute atomic E-state index is 3.89. The lowest BCUT2D eigenvalue weighted by Crippen LogP contribution is -1.95. The maximum atomic E-state index is 3.89. The second-order valence-electron chi connectivity index (χ2n) is 1.84. The van der Waals surface area contributed by atoms with Gasteiger partial charge in [-0.25, -0.2) is 0 Å². The third-order valence-electron chi connectivity index (χ3n) is 0.870. The Morgan fingerprint density at radius 3 is 2.17 bits per heavy atom. The first-order chi connectivity index (χ1) is 2.80. The number of rotatable bonds is 1. The summed E-state index contributed by atoms with van der Waals surface area (Å²) in [5.74, 6) is 0.657. The van der Waals surface area contributed by atoms with Gasteiger partial charge in [-0.2, -0.15) is 0 Å². The molecule has 0 fully saturated rings. The molecule has 0 radical (unpaired) electrons. The molecule has 1 heterocycles. The van der Waals surface area contributed by atoms with Crippen LogP contribution < -0.4 is 4.67 Å². The SMILES string of the molecule is CC(C)C1=[N+]=C1. The monoisotopic (exact) mass is 82.1 g/mol. The lowest BCUT2D eigenvalue weighted by atomic mass is 10.2. The Morgan fingerprint density at radius 2 is 2.17 bits per heavy atom. The summed E-state index contributed by atoms with van der Waals surface area (Å²) in [5.41, 5.74) is 1.26. The van der Waals surface area contributed by atoms with E-state index in [0.29, 0.717) is 5.92 Å². The van der Waals surface area contributed by atoms with Gasteiger partial charge in [0.2, 0.25) is 0 Å². The molecule has 0 N–H and O–H groups in total. The van der Waals surface area contributed by atoms with Gasteiger partial charge in [0.25, 0.3) is 0 Å². The van der Waals surface area contributed by atoms with Crippen LogP contribution >= 0.6 is 0 Å². The van der Waals surface area contributed by atoms with Crippen molar-refractivity contribution in [3.8, 4) is 0 Å².